The second-order valence-electron chi connectivity index (χ2n) is 2.13. The monoisotopic (exact) mass is 187 g/mol. The molecule has 0 bridgehead atoms. The fraction of sp³-hybridized carbons (Fsp3) is 0.500. The quantitative estimate of drug-likeness (QED) is 0.741. The van der Waals surface area contributed by atoms with E-state index < -0.39 is 5.97 Å². The molecule has 0 unspecified atom stereocenters. The Bertz CT molecular complexity index is 249. The van der Waals surface area contributed by atoms with Crippen LogP contribution in [0.4, 0.5) is 5.13 Å². The van der Waals surface area contributed by atoms with Crippen LogP contribution >= 0.6 is 11.5 Å². The summed E-state index contributed by atoms with van der Waals surface area (Å²) in [5, 5.41) is 9.18. The van der Waals surface area contributed by atoms with Crippen LogP contribution < -0.4 is 4.90 Å². The van der Waals surface area contributed by atoms with Gasteiger partial charge in [0.25, 0.3) is 0 Å². The number of likely N-dealkylation sites (N-methyl/N-ethyl adjacent to an activating group) is 1. The lowest BCUT2D eigenvalue weighted by Crippen LogP contribution is -2.29. The van der Waals surface area contributed by atoms with Gasteiger partial charge in [0.1, 0.15) is 12.9 Å². The summed E-state index contributed by atoms with van der Waals surface area (Å²) in [7, 11) is 0. The molecule has 12 heavy (non-hydrogen) atoms. The van der Waals surface area contributed by atoms with E-state index in [1.54, 1.807) is 4.90 Å². The number of anilines is 1. The van der Waals surface area contributed by atoms with Gasteiger partial charge >= 0.3 is 5.97 Å². The highest BCUT2D eigenvalue weighted by atomic mass is 32.1. The van der Waals surface area contributed by atoms with Crippen molar-refractivity contribution in [1.29, 1.82) is 0 Å². The summed E-state index contributed by atoms with van der Waals surface area (Å²) in [5.41, 5.74) is 0. The molecule has 1 heterocycles. The van der Waals surface area contributed by atoms with Crippen LogP contribution in [0.3, 0.4) is 0 Å². The van der Waals surface area contributed by atoms with Gasteiger partial charge in [-0.25, -0.2) is 4.98 Å². The SMILES string of the molecule is CCN(CC(=O)O)c1ncns1. The summed E-state index contributed by atoms with van der Waals surface area (Å²) in [6, 6.07) is 0. The van der Waals surface area contributed by atoms with Gasteiger partial charge in [-0.2, -0.15) is 4.37 Å². The molecule has 0 saturated heterocycles. The zero-order valence-corrected chi connectivity index (χ0v) is 7.41. The van der Waals surface area contributed by atoms with E-state index in [0.717, 1.165) is 0 Å². The third kappa shape index (κ3) is 2.16. The smallest absolute Gasteiger partial charge is 0.323 e. The molecule has 6 heteroatoms. The first-order valence-corrected chi connectivity index (χ1v) is 4.24. The van der Waals surface area contributed by atoms with Gasteiger partial charge in [0.15, 0.2) is 0 Å². The molecule has 0 aliphatic heterocycles. The lowest BCUT2D eigenvalue weighted by atomic mass is 10.5. The molecule has 0 radical (unpaired) electrons. The molecule has 0 aliphatic rings. The van der Waals surface area contributed by atoms with E-state index in [4.69, 9.17) is 5.11 Å². The Hall–Kier alpha value is -1.17. The van der Waals surface area contributed by atoms with Crippen LogP contribution in [0.1, 0.15) is 6.92 Å². The number of aliphatic carboxylic acids is 1. The van der Waals surface area contributed by atoms with Gasteiger partial charge in [-0.3, -0.25) is 4.79 Å². The van der Waals surface area contributed by atoms with Crippen LogP contribution in [0.15, 0.2) is 6.33 Å². The molecule has 1 aromatic heterocycles. The number of hydrogen-bond donors (Lipinski definition) is 1. The van der Waals surface area contributed by atoms with Crippen molar-refractivity contribution in [3.63, 3.8) is 0 Å². The maximum atomic E-state index is 10.4. The lowest BCUT2D eigenvalue weighted by molar-refractivity contribution is -0.135. The van der Waals surface area contributed by atoms with Crippen molar-refractivity contribution in [3.8, 4) is 0 Å². The summed E-state index contributed by atoms with van der Waals surface area (Å²) >= 11 is 1.20. The first kappa shape index (κ1) is 8.92. The van der Waals surface area contributed by atoms with Gasteiger partial charge < -0.3 is 10.0 Å². The topological polar surface area (TPSA) is 66.3 Å². The molecular formula is C6H9N3O2S. The van der Waals surface area contributed by atoms with Crippen molar-refractivity contribution >= 4 is 22.6 Å². The Labute approximate surface area is 73.8 Å². The summed E-state index contributed by atoms with van der Waals surface area (Å²) < 4.78 is 3.79. The van der Waals surface area contributed by atoms with E-state index in [9.17, 15) is 4.79 Å². The number of carboxylic acids is 1. The van der Waals surface area contributed by atoms with E-state index >= 15 is 0 Å². The highest BCUT2D eigenvalue weighted by Crippen LogP contribution is 2.13. The second kappa shape index (κ2) is 4.01. The fourth-order valence-corrected chi connectivity index (χ4v) is 1.38. The first-order chi connectivity index (χ1) is 5.74. The van der Waals surface area contributed by atoms with Crippen LogP contribution in [0.25, 0.3) is 0 Å². The molecule has 66 valence electrons. The molecule has 1 N–H and O–H groups in total. The minimum atomic E-state index is -0.855. The Morgan fingerprint density at radius 1 is 1.83 bits per heavy atom. The van der Waals surface area contributed by atoms with Gasteiger partial charge in [-0.05, 0) is 6.92 Å². The molecule has 0 fully saturated rings. The van der Waals surface area contributed by atoms with Gasteiger partial charge in [0.05, 0.1) is 0 Å². The van der Waals surface area contributed by atoms with E-state index in [1.165, 1.54) is 17.9 Å². The second-order valence-corrected chi connectivity index (χ2v) is 2.89. The summed E-state index contributed by atoms with van der Waals surface area (Å²) in [4.78, 5) is 15.9. The Morgan fingerprint density at radius 3 is 3.00 bits per heavy atom. The van der Waals surface area contributed by atoms with Crippen LogP contribution in [-0.4, -0.2) is 33.5 Å². The Morgan fingerprint density at radius 2 is 2.58 bits per heavy atom. The maximum Gasteiger partial charge on any atom is 0.323 e. The maximum absolute atomic E-state index is 10.4. The van der Waals surface area contributed by atoms with E-state index in [1.807, 2.05) is 6.92 Å². The minimum Gasteiger partial charge on any atom is -0.480 e. The van der Waals surface area contributed by atoms with Crippen LogP contribution in [0.5, 0.6) is 0 Å². The number of carboxylic acid groups (broad SMARTS) is 1. The van der Waals surface area contributed by atoms with Crippen molar-refractivity contribution < 1.29 is 9.90 Å². The lowest BCUT2D eigenvalue weighted by Gasteiger charge is -2.15. The van der Waals surface area contributed by atoms with E-state index in [-0.39, 0.29) is 6.54 Å². The van der Waals surface area contributed by atoms with Crippen LogP contribution in [-0.2, 0) is 4.79 Å². The highest BCUT2D eigenvalue weighted by molar-refractivity contribution is 7.09. The van der Waals surface area contributed by atoms with Crippen molar-refractivity contribution in [2.45, 2.75) is 6.92 Å². The normalized spacial score (nSPS) is 9.75. The van der Waals surface area contributed by atoms with Crippen molar-refractivity contribution in [1.82, 2.24) is 9.36 Å². The van der Waals surface area contributed by atoms with Crippen molar-refractivity contribution in [2.75, 3.05) is 18.0 Å². The summed E-state index contributed by atoms with van der Waals surface area (Å²) in [6.07, 6.45) is 1.42. The van der Waals surface area contributed by atoms with Crippen molar-refractivity contribution in [3.05, 3.63) is 6.33 Å². The molecule has 0 aromatic carbocycles. The van der Waals surface area contributed by atoms with E-state index in [0.29, 0.717) is 11.7 Å². The van der Waals surface area contributed by atoms with Crippen molar-refractivity contribution in [2.24, 2.45) is 0 Å². The molecular weight excluding hydrogens is 178 g/mol. The number of nitrogens with zero attached hydrogens (tertiary/aromatic N) is 3. The fourth-order valence-electron chi connectivity index (χ4n) is 0.785. The number of hydrogen-bond acceptors (Lipinski definition) is 5. The molecule has 0 atom stereocenters. The van der Waals surface area contributed by atoms with Gasteiger partial charge in [0, 0.05) is 18.1 Å². The number of carbonyl (C=O) groups is 1. The van der Waals surface area contributed by atoms with Gasteiger partial charge in [0.2, 0.25) is 5.13 Å². The van der Waals surface area contributed by atoms with Crippen LogP contribution in [0, 0.1) is 0 Å². The Kier molecular flexibility index (Phi) is 2.98. The predicted octanol–water partition coefficient (Wildman–Crippen LogP) is 0.449. The largest absolute Gasteiger partial charge is 0.480 e. The molecule has 0 spiro atoms. The standard InChI is InChI=1S/C6H9N3O2S/c1-2-9(3-5(10)11)6-7-4-8-12-6/h4H,2-3H2,1H3,(H,10,11). The third-order valence-corrected chi connectivity index (χ3v) is 2.05. The Balaban J connectivity index is 2.63. The molecule has 0 saturated carbocycles. The average molecular weight is 187 g/mol. The number of rotatable bonds is 4. The summed E-state index contributed by atoms with van der Waals surface area (Å²) in [6.45, 7) is 2.48. The number of aromatic nitrogens is 2. The molecule has 5 nitrogen and oxygen atoms in total. The zero-order valence-electron chi connectivity index (χ0n) is 6.60. The van der Waals surface area contributed by atoms with Crippen LogP contribution in [0.2, 0.25) is 0 Å². The first-order valence-electron chi connectivity index (χ1n) is 3.47. The highest BCUT2D eigenvalue weighted by Gasteiger charge is 2.10. The van der Waals surface area contributed by atoms with Gasteiger partial charge in [-0.1, -0.05) is 0 Å². The summed E-state index contributed by atoms with van der Waals surface area (Å²) in [5.74, 6) is -0.855. The van der Waals surface area contributed by atoms with Gasteiger partial charge in [-0.15, -0.1) is 0 Å². The molecule has 1 rings (SSSR count). The molecule has 0 amide bonds. The average Bonchev–Trinajstić information content (AvgIpc) is 2.51. The van der Waals surface area contributed by atoms with E-state index in [2.05, 4.69) is 9.36 Å². The molecule has 0 aliphatic carbocycles. The molecule has 1 aromatic rings. The zero-order chi connectivity index (χ0) is 8.97. The predicted molar refractivity (Wildman–Crippen MR) is 45.4 cm³/mol. The third-order valence-electron chi connectivity index (χ3n) is 1.33. The minimum absolute atomic E-state index is 0.0221.